The molecule has 0 aliphatic carbocycles. The van der Waals surface area contributed by atoms with Gasteiger partial charge in [0.1, 0.15) is 0 Å². The van der Waals surface area contributed by atoms with Gasteiger partial charge in [-0.3, -0.25) is 4.79 Å². The van der Waals surface area contributed by atoms with Crippen LogP contribution in [-0.2, 0) is 4.57 Å². The van der Waals surface area contributed by atoms with Crippen molar-refractivity contribution >= 4 is 18.9 Å². The molecule has 2 aromatic rings. The van der Waals surface area contributed by atoms with E-state index in [1.807, 2.05) is 50.2 Å². The summed E-state index contributed by atoms with van der Waals surface area (Å²) in [5, 5.41) is 0.733. The van der Waals surface area contributed by atoms with E-state index in [1.54, 1.807) is 12.1 Å². The maximum absolute atomic E-state index is 12.3. The van der Waals surface area contributed by atoms with Crippen LogP contribution in [0, 0.1) is 13.8 Å². The summed E-state index contributed by atoms with van der Waals surface area (Å²) in [5.41, 5.74) is 2.60. The topological polar surface area (TPSA) is 34.1 Å². The molecule has 96 valence electrons. The van der Waals surface area contributed by atoms with E-state index < -0.39 is 7.80 Å². The molecular weight excluding hydrogens is 255 g/mol. The molecule has 0 amide bonds. The van der Waals surface area contributed by atoms with Crippen molar-refractivity contribution in [3.63, 3.8) is 0 Å². The summed E-state index contributed by atoms with van der Waals surface area (Å²) >= 11 is 0. The number of benzene rings is 2. The molecule has 0 saturated heterocycles. The Morgan fingerprint density at radius 1 is 0.947 bits per heavy atom. The number of hydrogen-bond donors (Lipinski definition) is 0. The molecule has 0 fully saturated rings. The van der Waals surface area contributed by atoms with Crippen LogP contribution in [0.2, 0.25) is 0 Å². The summed E-state index contributed by atoms with van der Waals surface area (Å²) in [7, 11) is -1.66. The van der Waals surface area contributed by atoms with Crippen molar-refractivity contribution in [3.05, 3.63) is 65.2 Å². The quantitative estimate of drug-likeness (QED) is 0.628. The average molecular weight is 271 g/mol. The third kappa shape index (κ3) is 3.15. The molecular formula is C16H16O2P+. The first-order valence-corrected chi connectivity index (χ1v) is 7.63. The Morgan fingerprint density at radius 2 is 1.53 bits per heavy atom. The largest absolute Gasteiger partial charge is 0.385 e. The van der Waals surface area contributed by atoms with Crippen LogP contribution in [0.15, 0.2) is 48.5 Å². The number of carbonyl (C=O) groups excluding carboxylic acids is 1. The van der Waals surface area contributed by atoms with Crippen LogP contribution >= 0.6 is 7.80 Å². The van der Waals surface area contributed by atoms with Crippen LogP contribution in [-0.4, -0.2) is 11.9 Å². The molecule has 2 nitrogen and oxygen atoms in total. The van der Waals surface area contributed by atoms with E-state index >= 15 is 0 Å². The molecule has 0 radical (unpaired) electrons. The van der Waals surface area contributed by atoms with Gasteiger partial charge in [-0.05, 0) is 37.1 Å². The van der Waals surface area contributed by atoms with Crippen molar-refractivity contribution < 1.29 is 9.36 Å². The minimum Gasteiger partial charge on any atom is -0.289 e. The predicted molar refractivity (Wildman–Crippen MR) is 78.8 cm³/mol. The number of Topliss-reactive ketones (excluding diaryl/α,β-unsaturated/α-hetero) is 1. The van der Waals surface area contributed by atoms with E-state index in [2.05, 4.69) is 0 Å². The summed E-state index contributed by atoms with van der Waals surface area (Å²) in [6, 6.07) is 14.9. The van der Waals surface area contributed by atoms with E-state index in [9.17, 15) is 9.36 Å². The Balaban J connectivity index is 2.21. The fraction of sp³-hybridized carbons (Fsp3) is 0.188. The SMILES string of the molecule is Cc1cccc(C)c1C(=O)C[P+](=O)c1ccccc1. The number of hydrogen-bond acceptors (Lipinski definition) is 2. The zero-order valence-electron chi connectivity index (χ0n) is 11.1. The lowest BCUT2D eigenvalue weighted by atomic mass is 10.0. The van der Waals surface area contributed by atoms with E-state index in [0.717, 1.165) is 16.4 Å². The smallest absolute Gasteiger partial charge is 0.289 e. The van der Waals surface area contributed by atoms with Crippen molar-refractivity contribution in [1.29, 1.82) is 0 Å². The third-order valence-corrected chi connectivity index (χ3v) is 4.54. The van der Waals surface area contributed by atoms with Crippen LogP contribution in [0.4, 0.5) is 0 Å². The van der Waals surface area contributed by atoms with Gasteiger partial charge in [-0.1, -0.05) is 41.0 Å². The van der Waals surface area contributed by atoms with Gasteiger partial charge in [-0.25, -0.2) is 0 Å². The molecule has 0 bridgehead atoms. The summed E-state index contributed by atoms with van der Waals surface area (Å²) in [6.07, 6.45) is 0.0744. The highest BCUT2D eigenvalue weighted by molar-refractivity contribution is 7.54. The highest BCUT2D eigenvalue weighted by Gasteiger charge is 2.26. The first-order valence-electron chi connectivity index (χ1n) is 6.18. The fourth-order valence-electron chi connectivity index (χ4n) is 2.15. The minimum atomic E-state index is -1.66. The van der Waals surface area contributed by atoms with Gasteiger partial charge in [0.15, 0.2) is 5.30 Å². The Bertz CT molecular complexity index is 598. The standard InChI is InChI=1S/C16H16O2P/c1-12-7-6-8-13(2)16(12)15(17)11-19(18)14-9-4-3-5-10-14/h3-10H,11H2,1-2H3/q+1. The Kier molecular flexibility index (Phi) is 4.24. The van der Waals surface area contributed by atoms with Gasteiger partial charge in [0, 0.05) is 5.56 Å². The average Bonchev–Trinajstić information content (AvgIpc) is 2.39. The fourth-order valence-corrected chi connectivity index (χ4v) is 3.26. The first kappa shape index (κ1) is 13.6. The Morgan fingerprint density at radius 3 is 2.11 bits per heavy atom. The van der Waals surface area contributed by atoms with E-state index in [0.29, 0.717) is 5.56 Å². The molecule has 19 heavy (non-hydrogen) atoms. The van der Waals surface area contributed by atoms with Crippen molar-refractivity contribution in [1.82, 2.24) is 0 Å². The molecule has 0 aliphatic rings. The lowest BCUT2D eigenvalue weighted by molar-refractivity contribution is 0.102. The first-order chi connectivity index (χ1) is 9.09. The maximum Gasteiger partial charge on any atom is 0.385 e. The molecule has 1 unspecified atom stereocenters. The molecule has 0 aromatic heterocycles. The van der Waals surface area contributed by atoms with Crippen molar-refractivity contribution in [2.75, 3.05) is 6.16 Å². The summed E-state index contributed by atoms with van der Waals surface area (Å²) in [4.78, 5) is 12.3. The minimum absolute atomic E-state index is 0.0411. The van der Waals surface area contributed by atoms with Gasteiger partial charge in [0.25, 0.3) is 0 Å². The second-order valence-electron chi connectivity index (χ2n) is 4.56. The molecule has 0 heterocycles. The summed E-state index contributed by atoms with van der Waals surface area (Å²) < 4.78 is 12.2. The third-order valence-electron chi connectivity index (χ3n) is 3.09. The normalized spacial score (nSPS) is 11.2. The van der Waals surface area contributed by atoms with Crippen LogP contribution in [0.25, 0.3) is 0 Å². The van der Waals surface area contributed by atoms with Crippen LogP contribution in [0.1, 0.15) is 21.5 Å². The number of carbonyl (C=O) groups is 1. The van der Waals surface area contributed by atoms with Gasteiger partial charge >= 0.3 is 7.80 Å². The molecule has 0 N–H and O–H groups in total. The molecule has 0 saturated carbocycles. The maximum atomic E-state index is 12.3. The summed E-state index contributed by atoms with van der Waals surface area (Å²) in [6.45, 7) is 3.83. The summed E-state index contributed by atoms with van der Waals surface area (Å²) in [5.74, 6) is -0.0411. The zero-order valence-corrected chi connectivity index (χ0v) is 12.0. The lowest BCUT2D eigenvalue weighted by Gasteiger charge is -2.05. The van der Waals surface area contributed by atoms with Gasteiger partial charge in [-0.2, -0.15) is 0 Å². The van der Waals surface area contributed by atoms with Gasteiger partial charge in [0.05, 0.1) is 0 Å². The van der Waals surface area contributed by atoms with Crippen molar-refractivity contribution in [2.24, 2.45) is 0 Å². The van der Waals surface area contributed by atoms with E-state index in [-0.39, 0.29) is 11.9 Å². The number of ketones is 1. The molecule has 0 spiro atoms. The predicted octanol–water partition coefficient (Wildman–Crippen LogP) is 3.64. The molecule has 2 aromatic carbocycles. The van der Waals surface area contributed by atoms with Crippen LogP contribution in [0.3, 0.4) is 0 Å². The monoisotopic (exact) mass is 271 g/mol. The zero-order chi connectivity index (χ0) is 13.8. The highest BCUT2D eigenvalue weighted by atomic mass is 31.1. The van der Waals surface area contributed by atoms with E-state index in [1.165, 1.54) is 0 Å². The van der Waals surface area contributed by atoms with Crippen molar-refractivity contribution in [2.45, 2.75) is 13.8 Å². The Labute approximate surface area is 114 Å². The van der Waals surface area contributed by atoms with Crippen LogP contribution in [0.5, 0.6) is 0 Å². The van der Waals surface area contributed by atoms with E-state index in [4.69, 9.17) is 0 Å². The second-order valence-corrected chi connectivity index (χ2v) is 6.15. The molecule has 1 atom stereocenters. The molecule has 3 heteroatoms. The Hall–Kier alpha value is -1.79. The van der Waals surface area contributed by atoms with Crippen LogP contribution < -0.4 is 5.30 Å². The van der Waals surface area contributed by atoms with Gasteiger partial charge in [0.2, 0.25) is 11.9 Å². The second kappa shape index (κ2) is 5.90. The van der Waals surface area contributed by atoms with Crippen molar-refractivity contribution in [3.8, 4) is 0 Å². The number of aryl methyl sites for hydroxylation is 2. The number of rotatable bonds is 4. The van der Waals surface area contributed by atoms with Gasteiger partial charge in [-0.15, -0.1) is 0 Å². The lowest BCUT2D eigenvalue weighted by Crippen LogP contribution is -2.10. The molecule has 0 aliphatic heterocycles. The highest BCUT2D eigenvalue weighted by Crippen LogP contribution is 2.23. The molecule has 2 rings (SSSR count). The van der Waals surface area contributed by atoms with Gasteiger partial charge < -0.3 is 0 Å².